The first-order chi connectivity index (χ1) is 17.5. The molecule has 4 rings (SSSR count). The van der Waals surface area contributed by atoms with E-state index in [9.17, 15) is 14.9 Å². The van der Waals surface area contributed by atoms with Crippen LogP contribution in [-0.2, 0) is 14.3 Å². The van der Waals surface area contributed by atoms with Gasteiger partial charge in [0, 0.05) is 49.9 Å². The van der Waals surface area contributed by atoms with Crippen molar-refractivity contribution in [2.45, 2.75) is 6.92 Å². The summed E-state index contributed by atoms with van der Waals surface area (Å²) in [7, 11) is 3.10. The Labute approximate surface area is 215 Å². The fourth-order valence-electron chi connectivity index (χ4n) is 4.15. The third kappa shape index (κ3) is 5.25. The molecule has 2 aromatic carbocycles. The zero-order valence-electron chi connectivity index (χ0n) is 20.6. The highest BCUT2D eigenvalue weighted by atomic mass is 32.2. The van der Waals surface area contributed by atoms with Gasteiger partial charge in [0.1, 0.15) is 29.0 Å². The van der Waals surface area contributed by atoms with E-state index in [2.05, 4.69) is 6.07 Å². The maximum absolute atomic E-state index is 13.5. The van der Waals surface area contributed by atoms with Crippen LogP contribution >= 0.6 is 11.8 Å². The average Bonchev–Trinajstić information content (AvgIpc) is 3.34. The van der Waals surface area contributed by atoms with Gasteiger partial charge in [0.15, 0.2) is 0 Å². The lowest BCUT2D eigenvalue weighted by Gasteiger charge is -2.35. The van der Waals surface area contributed by atoms with Crippen LogP contribution in [0.5, 0.6) is 5.75 Å². The summed E-state index contributed by atoms with van der Waals surface area (Å²) in [4.78, 5) is 30.9. The number of nitriles is 1. The molecule has 0 aliphatic carbocycles. The van der Waals surface area contributed by atoms with Crippen LogP contribution in [0.4, 0.5) is 5.69 Å². The first-order valence-electron chi connectivity index (χ1n) is 11.5. The number of carbonyl (C=O) groups is 2. The minimum absolute atomic E-state index is 0.0162. The van der Waals surface area contributed by atoms with Gasteiger partial charge in [0.25, 0.3) is 5.91 Å². The van der Waals surface area contributed by atoms with Gasteiger partial charge in [-0.2, -0.15) is 5.26 Å². The number of methoxy groups -OCH3 is 2. The summed E-state index contributed by atoms with van der Waals surface area (Å²) in [6, 6.07) is 17.8. The number of rotatable bonds is 6. The zero-order chi connectivity index (χ0) is 25.7. The maximum Gasteiger partial charge on any atom is 0.267 e. The van der Waals surface area contributed by atoms with E-state index in [4.69, 9.17) is 9.47 Å². The Balaban J connectivity index is 1.66. The van der Waals surface area contributed by atoms with E-state index < -0.39 is 0 Å². The molecule has 0 unspecified atom stereocenters. The summed E-state index contributed by atoms with van der Waals surface area (Å²) < 4.78 is 10.3. The van der Waals surface area contributed by atoms with Crippen molar-refractivity contribution in [3.63, 3.8) is 0 Å². The lowest BCUT2D eigenvalue weighted by atomic mass is 10.1. The van der Waals surface area contributed by atoms with Crippen LogP contribution < -0.4 is 9.64 Å². The Hall–Kier alpha value is -3.74. The third-order valence-corrected chi connectivity index (χ3v) is 7.06. The molecule has 8 nitrogen and oxygen atoms in total. The molecule has 0 bridgehead atoms. The largest absolute Gasteiger partial charge is 0.497 e. The van der Waals surface area contributed by atoms with Gasteiger partial charge < -0.3 is 24.2 Å². The summed E-state index contributed by atoms with van der Waals surface area (Å²) >= 11 is 1.35. The van der Waals surface area contributed by atoms with E-state index in [0.29, 0.717) is 31.2 Å². The molecule has 1 fully saturated rings. The SMILES string of the molecule is COCC(=O)N1CCN(C(=O)/C(C#N)=C2\SC=C(c3cccc(OC)c3)N2c2ccc(C)cc2)CC1. The molecule has 9 heteroatoms. The number of anilines is 1. The van der Waals surface area contributed by atoms with E-state index in [1.54, 1.807) is 16.9 Å². The lowest BCUT2D eigenvalue weighted by molar-refractivity contribution is -0.140. The van der Waals surface area contributed by atoms with Crippen molar-refractivity contribution >= 4 is 35.0 Å². The highest BCUT2D eigenvalue weighted by Crippen LogP contribution is 2.45. The number of carbonyl (C=O) groups excluding carboxylic acids is 2. The number of amides is 2. The van der Waals surface area contributed by atoms with Gasteiger partial charge in [-0.15, -0.1) is 0 Å². The van der Waals surface area contributed by atoms with Gasteiger partial charge in [0.2, 0.25) is 5.91 Å². The molecule has 36 heavy (non-hydrogen) atoms. The molecule has 2 heterocycles. The molecule has 0 spiro atoms. The van der Waals surface area contributed by atoms with E-state index in [-0.39, 0.29) is 24.0 Å². The van der Waals surface area contributed by atoms with Crippen molar-refractivity contribution in [1.82, 2.24) is 9.80 Å². The maximum atomic E-state index is 13.5. The van der Waals surface area contributed by atoms with Crippen molar-refractivity contribution in [3.05, 3.63) is 75.7 Å². The standard InChI is InChI=1S/C27H28N4O4S/c1-19-7-9-21(10-8-19)31-24(20-5-4-6-22(15-20)35-3)18-36-27(31)23(16-28)26(33)30-13-11-29(12-14-30)25(32)17-34-2/h4-10,15,18H,11-14,17H2,1-3H3/b27-23-. The molecule has 0 aromatic heterocycles. The predicted octanol–water partition coefficient (Wildman–Crippen LogP) is 3.61. The van der Waals surface area contributed by atoms with E-state index in [1.165, 1.54) is 18.9 Å². The number of hydrogen-bond acceptors (Lipinski definition) is 7. The number of nitrogens with zero attached hydrogens (tertiary/aromatic N) is 4. The molecule has 186 valence electrons. The number of aryl methyl sites for hydroxylation is 1. The fraction of sp³-hybridized carbons (Fsp3) is 0.296. The molecule has 2 amide bonds. The Kier molecular flexibility index (Phi) is 7.98. The molecule has 0 N–H and O–H groups in total. The molecule has 0 radical (unpaired) electrons. The van der Waals surface area contributed by atoms with Gasteiger partial charge in [-0.25, -0.2) is 0 Å². The van der Waals surface area contributed by atoms with Gasteiger partial charge >= 0.3 is 0 Å². The fourth-order valence-corrected chi connectivity index (χ4v) is 5.17. The van der Waals surface area contributed by atoms with Crippen molar-refractivity contribution in [2.24, 2.45) is 0 Å². The lowest BCUT2D eigenvalue weighted by Crippen LogP contribution is -2.51. The first kappa shape index (κ1) is 25.4. The van der Waals surface area contributed by atoms with Crippen LogP contribution in [0.25, 0.3) is 5.70 Å². The highest BCUT2D eigenvalue weighted by molar-refractivity contribution is 8.06. The number of piperazine rings is 1. The van der Waals surface area contributed by atoms with E-state index in [1.807, 2.05) is 65.8 Å². The number of benzene rings is 2. The van der Waals surface area contributed by atoms with Crippen LogP contribution in [-0.4, -0.2) is 68.6 Å². The van der Waals surface area contributed by atoms with Crippen molar-refractivity contribution in [2.75, 3.05) is 51.9 Å². The zero-order valence-corrected chi connectivity index (χ0v) is 21.4. The summed E-state index contributed by atoms with van der Waals surface area (Å²) in [5.41, 5.74) is 3.80. The third-order valence-electron chi connectivity index (χ3n) is 6.11. The molecule has 0 saturated carbocycles. The Morgan fingerprint density at radius 1 is 1.03 bits per heavy atom. The van der Waals surface area contributed by atoms with Crippen LogP contribution in [0.15, 0.2) is 64.5 Å². The second kappa shape index (κ2) is 11.3. The topological polar surface area (TPSA) is 86.1 Å². The quantitative estimate of drug-likeness (QED) is 0.439. The van der Waals surface area contributed by atoms with E-state index >= 15 is 0 Å². The first-order valence-corrected chi connectivity index (χ1v) is 12.4. The monoisotopic (exact) mass is 504 g/mol. The van der Waals surface area contributed by atoms with Crippen LogP contribution in [0.1, 0.15) is 11.1 Å². The number of hydrogen-bond donors (Lipinski definition) is 0. The second-order valence-electron chi connectivity index (χ2n) is 8.42. The van der Waals surface area contributed by atoms with Gasteiger partial charge in [0.05, 0.1) is 12.8 Å². The molecule has 2 aromatic rings. The Morgan fingerprint density at radius 2 is 1.72 bits per heavy atom. The van der Waals surface area contributed by atoms with Crippen molar-refractivity contribution < 1.29 is 19.1 Å². The molecule has 1 saturated heterocycles. The van der Waals surface area contributed by atoms with Crippen molar-refractivity contribution in [1.29, 1.82) is 5.26 Å². The molecule has 2 aliphatic heterocycles. The number of thioether (sulfide) groups is 1. The van der Waals surface area contributed by atoms with Crippen molar-refractivity contribution in [3.8, 4) is 11.8 Å². The molecular formula is C27H28N4O4S. The summed E-state index contributed by atoms with van der Waals surface area (Å²) in [6.07, 6.45) is 0. The second-order valence-corrected chi connectivity index (χ2v) is 9.28. The van der Waals surface area contributed by atoms with Gasteiger partial charge in [-0.3, -0.25) is 9.59 Å². The summed E-state index contributed by atoms with van der Waals surface area (Å²) in [6.45, 7) is 3.56. The predicted molar refractivity (Wildman–Crippen MR) is 140 cm³/mol. The summed E-state index contributed by atoms with van der Waals surface area (Å²) in [5, 5.41) is 12.6. The molecule has 2 aliphatic rings. The minimum Gasteiger partial charge on any atom is -0.497 e. The van der Waals surface area contributed by atoms with Crippen LogP contribution in [0.2, 0.25) is 0 Å². The normalized spacial score (nSPS) is 16.9. The minimum atomic E-state index is -0.337. The smallest absolute Gasteiger partial charge is 0.267 e. The highest BCUT2D eigenvalue weighted by Gasteiger charge is 2.33. The Morgan fingerprint density at radius 3 is 2.36 bits per heavy atom. The van der Waals surface area contributed by atoms with Gasteiger partial charge in [-0.05, 0) is 31.2 Å². The molecular weight excluding hydrogens is 476 g/mol. The molecule has 0 atom stereocenters. The van der Waals surface area contributed by atoms with Gasteiger partial charge in [-0.1, -0.05) is 41.6 Å². The van der Waals surface area contributed by atoms with Crippen LogP contribution in [0, 0.1) is 18.3 Å². The van der Waals surface area contributed by atoms with Crippen LogP contribution in [0.3, 0.4) is 0 Å². The van der Waals surface area contributed by atoms with E-state index in [0.717, 1.165) is 28.3 Å². The average molecular weight is 505 g/mol. The number of ether oxygens (including phenoxy) is 2. The summed E-state index contributed by atoms with van der Waals surface area (Å²) in [5.74, 6) is 0.279. The Bertz CT molecular complexity index is 1240.